The molecule has 0 radical (unpaired) electrons. The summed E-state index contributed by atoms with van der Waals surface area (Å²) in [7, 11) is 0. The number of ketones is 1. The van der Waals surface area contributed by atoms with E-state index < -0.39 is 5.82 Å². The van der Waals surface area contributed by atoms with Crippen molar-refractivity contribution in [3.8, 4) is 17.6 Å². The fraction of sp³-hybridized carbons (Fsp3) is 0.250. The van der Waals surface area contributed by atoms with Gasteiger partial charge in [-0.2, -0.15) is 0 Å². The molecule has 2 aromatic rings. The predicted molar refractivity (Wildman–Crippen MR) is 112 cm³/mol. The Morgan fingerprint density at radius 3 is 2.50 bits per heavy atom. The van der Waals surface area contributed by atoms with Gasteiger partial charge in [0, 0.05) is 11.1 Å². The Morgan fingerprint density at radius 2 is 1.85 bits per heavy atom. The number of rotatable bonds is 5. The summed E-state index contributed by atoms with van der Waals surface area (Å²) in [5.41, 5.74) is 1.14. The molecular formula is C20H18FINO2P. The molecule has 1 aliphatic rings. The summed E-state index contributed by atoms with van der Waals surface area (Å²) in [6.45, 7) is 3.10. The first kappa shape index (κ1) is 19.3. The molecular weight excluding hydrogens is 463 g/mol. The highest BCUT2D eigenvalue weighted by molar-refractivity contribution is 14.2. The average molecular weight is 481 g/mol. The maximum absolute atomic E-state index is 14.3. The number of carbonyl (C=O) groups excluding carboxylic acids is 1. The summed E-state index contributed by atoms with van der Waals surface area (Å²) in [5, 5.41) is 0. The van der Waals surface area contributed by atoms with Crippen LogP contribution in [0.3, 0.4) is 0 Å². The van der Waals surface area contributed by atoms with Gasteiger partial charge in [-0.15, -0.1) is 0 Å². The summed E-state index contributed by atoms with van der Waals surface area (Å²) >= 11 is 2.13. The number of likely N-dealkylation sites (tertiary alicyclic amines) is 1. The zero-order valence-electron chi connectivity index (χ0n) is 14.1. The lowest BCUT2D eigenvalue weighted by atomic mass is 10.0. The second kappa shape index (κ2) is 9.45. The largest absolute Gasteiger partial charge is 0.467 e. The number of halogens is 2. The van der Waals surface area contributed by atoms with E-state index in [1.54, 1.807) is 36.4 Å². The van der Waals surface area contributed by atoms with Crippen molar-refractivity contribution in [2.75, 3.05) is 19.6 Å². The van der Waals surface area contributed by atoms with Crippen molar-refractivity contribution in [3.63, 3.8) is 0 Å². The monoisotopic (exact) mass is 481 g/mol. The third-order valence-electron chi connectivity index (χ3n) is 4.23. The van der Waals surface area contributed by atoms with Gasteiger partial charge in [-0.3, -0.25) is 9.69 Å². The van der Waals surface area contributed by atoms with Crippen LogP contribution in [0.15, 0.2) is 42.5 Å². The molecule has 1 atom stereocenters. The molecule has 0 amide bonds. The zero-order chi connectivity index (χ0) is 18.4. The minimum absolute atomic E-state index is 0.219. The van der Waals surface area contributed by atoms with E-state index in [-0.39, 0.29) is 5.78 Å². The van der Waals surface area contributed by atoms with Crippen LogP contribution in [0.2, 0.25) is 0 Å². The first-order valence-corrected chi connectivity index (χ1v) is 12.4. The molecule has 0 saturated carbocycles. The van der Waals surface area contributed by atoms with Crippen molar-refractivity contribution in [2.24, 2.45) is 0 Å². The van der Waals surface area contributed by atoms with Crippen LogP contribution >= 0.6 is 28.5 Å². The van der Waals surface area contributed by atoms with Crippen molar-refractivity contribution in [3.05, 3.63) is 65.0 Å². The van der Waals surface area contributed by atoms with Crippen molar-refractivity contribution >= 4 is 34.3 Å². The Labute approximate surface area is 167 Å². The lowest BCUT2D eigenvalue weighted by Crippen LogP contribution is -2.19. The van der Waals surface area contributed by atoms with Gasteiger partial charge in [-0.05, 0) is 90.4 Å². The quantitative estimate of drug-likeness (QED) is 0.266. The van der Waals surface area contributed by atoms with Crippen LogP contribution in [-0.4, -0.2) is 30.3 Å². The maximum Gasteiger partial charge on any atom is 0.193 e. The van der Waals surface area contributed by atoms with Crippen molar-refractivity contribution in [1.29, 1.82) is 0 Å². The molecule has 1 fully saturated rings. The lowest BCUT2D eigenvalue weighted by molar-refractivity contribution is 0.103. The van der Waals surface area contributed by atoms with Crippen molar-refractivity contribution in [1.82, 2.24) is 4.90 Å². The van der Waals surface area contributed by atoms with Gasteiger partial charge in [-0.25, -0.2) is 4.39 Å². The minimum atomic E-state index is -0.462. The number of benzene rings is 2. The van der Waals surface area contributed by atoms with Crippen LogP contribution in [0.1, 0.15) is 34.3 Å². The van der Waals surface area contributed by atoms with Gasteiger partial charge in [0.15, 0.2) is 5.78 Å². The zero-order valence-corrected chi connectivity index (χ0v) is 17.3. The van der Waals surface area contributed by atoms with Gasteiger partial charge in [0.2, 0.25) is 0 Å². The highest BCUT2D eigenvalue weighted by Crippen LogP contribution is 2.27. The molecule has 6 heteroatoms. The molecule has 0 aliphatic carbocycles. The molecule has 1 saturated heterocycles. The summed E-state index contributed by atoms with van der Waals surface area (Å²) in [5.74, 6) is 5.92. The van der Waals surface area contributed by atoms with E-state index in [0.29, 0.717) is 35.4 Å². The van der Waals surface area contributed by atoms with Crippen LogP contribution in [0.25, 0.3) is 0 Å². The molecule has 26 heavy (non-hydrogen) atoms. The third kappa shape index (κ3) is 5.03. The second-order valence-corrected chi connectivity index (χ2v) is 7.69. The standard InChI is InChI=1S/C20H18FINO2P/c21-19-14-17(20(24)16-7-9-18(10-8-16)25-26-22)6-5-15(19)4-3-13-23-11-1-2-12-23/h5-10,14,26H,1-2,11-13H2. The van der Waals surface area contributed by atoms with Crippen LogP contribution in [0.5, 0.6) is 5.75 Å². The van der Waals surface area contributed by atoms with Crippen molar-refractivity contribution in [2.45, 2.75) is 12.8 Å². The number of hydrogen-bond donors (Lipinski definition) is 0. The van der Waals surface area contributed by atoms with E-state index in [2.05, 4.69) is 38.8 Å². The normalized spacial score (nSPS) is 14.4. The molecule has 0 spiro atoms. The molecule has 2 aromatic carbocycles. The molecule has 134 valence electrons. The Hall–Kier alpha value is -1.48. The van der Waals surface area contributed by atoms with Crippen LogP contribution in [0.4, 0.5) is 4.39 Å². The average Bonchev–Trinajstić information content (AvgIpc) is 3.17. The Bertz CT molecular complexity index is 839. The van der Waals surface area contributed by atoms with E-state index in [1.165, 1.54) is 18.9 Å². The fourth-order valence-corrected chi connectivity index (χ4v) is 3.82. The van der Waals surface area contributed by atoms with Crippen LogP contribution in [-0.2, 0) is 0 Å². The van der Waals surface area contributed by atoms with E-state index in [4.69, 9.17) is 4.52 Å². The molecule has 1 heterocycles. The van der Waals surface area contributed by atoms with Gasteiger partial charge in [0.1, 0.15) is 18.0 Å². The minimum Gasteiger partial charge on any atom is -0.467 e. The molecule has 0 bridgehead atoms. The van der Waals surface area contributed by atoms with Gasteiger partial charge >= 0.3 is 0 Å². The van der Waals surface area contributed by atoms with Gasteiger partial charge in [0.25, 0.3) is 0 Å². The van der Waals surface area contributed by atoms with E-state index in [1.807, 2.05) is 0 Å². The van der Waals surface area contributed by atoms with Gasteiger partial charge in [0.05, 0.1) is 12.1 Å². The number of carbonyl (C=O) groups is 1. The van der Waals surface area contributed by atoms with Crippen LogP contribution in [0, 0.1) is 17.7 Å². The number of nitrogens with zero attached hydrogens (tertiary/aromatic N) is 1. The SMILES string of the molecule is O=C(c1ccc(OPI)cc1)c1ccc(C#CCN2CCCC2)c(F)c1. The Morgan fingerprint density at radius 1 is 1.15 bits per heavy atom. The fourth-order valence-electron chi connectivity index (χ4n) is 2.83. The van der Waals surface area contributed by atoms with E-state index in [0.717, 1.165) is 13.1 Å². The highest BCUT2D eigenvalue weighted by Gasteiger charge is 2.12. The highest BCUT2D eigenvalue weighted by atomic mass is 127. The smallest absolute Gasteiger partial charge is 0.193 e. The summed E-state index contributed by atoms with van der Waals surface area (Å²) in [6.07, 6.45) is 2.41. The predicted octanol–water partition coefficient (Wildman–Crippen LogP) is 4.83. The first-order valence-electron chi connectivity index (χ1n) is 8.35. The molecule has 0 aromatic heterocycles. The van der Waals surface area contributed by atoms with Crippen molar-refractivity contribution < 1.29 is 13.7 Å². The lowest BCUT2D eigenvalue weighted by Gasteiger charge is -2.08. The van der Waals surface area contributed by atoms with Gasteiger partial charge in [-0.1, -0.05) is 11.8 Å². The molecule has 1 aliphatic heterocycles. The molecule has 3 nitrogen and oxygen atoms in total. The van der Waals surface area contributed by atoms with Crippen LogP contribution < -0.4 is 4.52 Å². The third-order valence-corrected chi connectivity index (χ3v) is 5.20. The Kier molecular flexibility index (Phi) is 7.01. The maximum atomic E-state index is 14.3. The molecule has 3 rings (SSSR count). The molecule has 1 unspecified atom stereocenters. The first-order chi connectivity index (χ1) is 12.7. The van der Waals surface area contributed by atoms with E-state index in [9.17, 15) is 9.18 Å². The Balaban J connectivity index is 1.69. The summed E-state index contributed by atoms with van der Waals surface area (Å²) in [4.78, 5) is 14.8. The van der Waals surface area contributed by atoms with Gasteiger partial charge < -0.3 is 4.52 Å². The van der Waals surface area contributed by atoms with E-state index >= 15 is 0 Å². The molecule has 0 N–H and O–H groups in total. The summed E-state index contributed by atoms with van der Waals surface area (Å²) in [6, 6.07) is 11.3. The summed E-state index contributed by atoms with van der Waals surface area (Å²) < 4.78 is 19.7. The topological polar surface area (TPSA) is 29.5 Å². The second-order valence-electron chi connectivity index (χ2n) is 6.01. The number of hydrogen-bond acceptors (Lipinski definition) is 3.